The van der Waals surface area contributed by atoms with Crippen molar-refractivity contribution in [2.75, 3.05) is 13.2 Å². The lowest BCUT2D eigenvalue weighted by atomic mass is 10.0. The summed E-state index contributed by atoms with van der Waals surface area (Å²) < 4.78 is 11.7. The van der Waals surface area contributed by atoms with Crippen molar-refractivity contribution in [3.05, 3.63) is 66.2 Å². The van der Waals surface area contributed by atoms with E-state index in [1.165, 1.54) is 0 Å². The van der Waals surface area contributed by atoms with Crippen LogP contribution in [0.1, 0.15) is 11.7 Å². The van der Waals surface area contributed by atoms with Crippen LogP contribution in [0.2, 0.25) is 0 Å². The molecule has 2 atom stereocenters. The van der Waals surface area contributed by atoms with Crippen molar-refractivity contribution in [2.45, 2.75) is 12.2 Å². The number of amides is 1. The van der Waals surface area contributed by atoms with E-state index in [2.05, 4.69) is 5.32 Å². The Balaban J connectivity index is 1.89. The van der Waals surface area contributed by atoms with Crippen LogP contribution >= 0.6 is 0 Å². The van der Waals surface area contributed by atoms with Crippen LogP contribution in [0.5, 0.6) is 5.75 Å². The van der Waals surface area contributed by atoms with E-state index in [1.807, 2.05) is 60.7 Å². The minimum atomic E-state index is -0.638. The number of carbonyl (C=O) groups is 1. The highest BCUT2D eigenvalue weighted by Crippen LogP contribution is 2.27. The Labute approximate surface area is 123 Å². The third-order valence-electron chi connectivity index (χ3n) is 3.37. The Kier molecular flexibility index (Phi) is 4.17. The fourth-order valence-electron chi connectivity index (χ4n) is 2.35. The molecule has 3 rings (SSSR count). The van der Waals surface area contributed by atoms with Crippen molar-refractivity contribution < 1.29 is 14.3 Å². The van der Waals surface area contributed by atoms with E-state index < -0.39 is 12.2 Å². The normalized spacial score (nSPS) is 19.6. The number of hydrogen-bond acceptors (Lipinski definition) is 3. The van der Waals surface area contributed by atoms with E-state index in [1.54, 1.807) is 0 Å². The van der Waals surface area contributed by atoms with Gasteiger partial charge in [0.25, 0.3) is 5.91 Å². The molecule has 0 radical (unpaired) electrons. The van der Waals surface area contributed by atoms with E-state index in [9.17, 15) is 4.79 Å². The summed E-state index contributed by atoms with van der Waals surface area (Å²) in [5.41, 5.74) is 0.920. The van der Waals surface area contributed by atoms with Crippen molar-refractivity contribution in [1.29, 1.82) is 0 Å². The fraction of sp³-hybridized carbons (Fsp3) is 0.235. The molecule has 0 aliphatic carbocycles. The van der Waals surface area contributed by atoms with Crippen molar-refractivity contribution in [1.82, 2.24) is 5.32 Å². The van der Waals surface area contributed by atoms with Gasteiger partial charge >= 0.3 is 0 Å². The SMILES string of the molecule is O=C1NCCOC1C(Oc1ccccc1)c1ccccc1. The number of hydrogen-bond donors (Lipinski definition) is 1. The van der Waals surface area contributed by atoms with Crippen LogP contribution in [0.25, 0.3) is 0 Å². The minimum Gasteiger partial charge on any atom is -0.482 e. The summed E-state index contributed by atoms with van der Waals surface area (Å²) in [5.74, 6) is 0.583. The third kappa shape index (κ3) is 3.23. The van der Waals surface area contributed by atoms with E-state index in [4.69, 9.17) is 9.47 Å². The van der Waals surface area contributed by atoms with Gasteiger partial charge in [-0.1, -0.05) is 48.5 Å². The summed E-state index contributed by atoms with van der Waals surface area (Å²) in [7, 11) is 0. The van der Waals surface area contributed by atoms with Gasteiger partial charge in [0, 0.05) is 6.54 Å². The van der Waals surface area contributed by atoms with E-state index in [-0.39, 0.29) is 5.91 Å². The molecular weight excluding hydrogens is 266 g/mol. The number of para-hydroxylation sites is 1. The molecule has 4 heteroatoms. The lowest BCUT2D eigenvalue weighted by Gasteiger charge is -2.30. The zero-order valence-electron chi connectivity index (χ0n) is 11.6. The molecule has 1 aliphatic heterocycles. The maximum atomic E-state index is 12.1. The molecule has 2 unspecified atom stereocenters. The molecule has 1 amide bonds. The Hall–Kier alpha value is -2.33. The van der Waals surface area contributed by atoms with Crippen LogP contribution in [0.15, 0.2) is 60.7 Å². The molecule has 21 heavy (non-hydrogen) atoms. The zero-order valence-corrected chi connectivity index (χ0v) is 11.6. The average molecular weight is 283 g/mol. The summed E-state index contributed by atoms with van der Waals surface area (Å²) in [6.07, 6.45) is -1.10. The second-order valence-corrected chi connectivity index (χ2v) is 4.84. The highest BCUT2D eigenvalue weighted by Gasteiger charge is 2.34. The molecule has 0 saturated carbocycles. The molecule has 0 spiro atoms. The van der Waals surface area contributed by atoms with Gasteiger partial charge in [0.05, 0.1) is 6.61 Å². The van der Waals surface area contributed by atoms with E-state index >= 15 is 0 Å². The van der Waals surface area contributed by atoms with Gasteiger partial charge in [0.2, 0.25) is 0 Å². The quantitative estimate of drug-likeness (QED) is 0.936. The predicted octanol–water partition coefficient (Wildman–Crippen LogP) is 2.32. The molecule has 1 aliphatic rings. The van der Waals surface area contributed by atoms with Crippen LogP contribution < -0.4 is 10.1 Å². The summed E-state index contributed by atoms with van der Waals surface area (Å²) >= 11 is 0. The van der Waals surface area contributed by atoms with Crippen LogP contribution in [0, 0.1) is 0 Å². The zero-order chi connectivity index (χ0) is 14.5. The lowest BCUT2D eigenvalue weighted by molar-refractivity contribution is -0.145. The molecule has 2 aromatic rings. The molecule has 1 heterocycles. The first-order valence-electron chi connectivity index (χ1n) is 7.00. The molecule has 0 bridgehead atoms. The number of rotatable bonds is 4. The predicted molar refractivity (Wildman–Crippen MR) is 79.0 cm³/mol. The van der Waals surface area contributed by atoms with Gasteiger partial charge in [-0.15, -0.1) is 0 Å². The molecule has 1 saturated heterocycles. The lowest BCUT2D eigenvalue weighted by Crippen LogP contribution is -2.48. The topological polar surface area (TPSA) is 47.6 Å². The van der Waals surface area contributed by atoms with Gasteiger partial charge in [-0.25, -0.2) is 0 Å². The maximum absolute atomic E-state index is 12.1. The smallest absolute Gasteiger partial charge is 0.253 e. The van der Waals surface area contributed by atoms with Gasteiger partial charge in [0.15, 0.2) is 12.2 Å². The first-order valence-corrected chi connectivity index (χ1v) is 7.00. The van der Waals surface area contributed by atoms with Crippen molar-refractivity contribution in [2.24, 2.45) is 0 Å². The van der Waals surface area contributed by atoms with Crippen molar-refractivity contribution >= 4 is 5.91 Å². The van der Waals surface area contributed by atoms with Crippen LogP contribution in [0.4, 0.5) is 0 Å². The van der Waals surface area contributed by atoms with Gasteiger partial charge in [-0.05, 0) is 17.7 Å². The van der Waals surface area contributed by atoms with Gasteiger partial charge in [-0.2, -0.15) is 0 Å². The van der Waals surface area contributed by atoms with Crippen molar-refractivity contribution in [3.8, 4) is 5.75 Å². The molecule has 1 N–H and O–H groups in total. The molecule has 2 aromatic carbocycles. The largest absolute Gasteiger partial charge is 0.482 e. The number of carbonyl (C=O) groups excluding carboxylic acids is 1. The van der Waals surface area contributed by atoms with Gasteiger partial charge in [-0.3, -0.25) is 4.79 Å². The molecular formula is C17H17NO3. The summed E-state index contributed by atoms with van der Waals surface area (Å²) in [4.78, 5) is 12.1. The summed E-state index contributed by atoms with van der Waals surface area (Å²) in [5, 5.41) is 2.82. The van der Waals surface area contributed by atoms with Crippen molar-refractivity contribution in [3.63, 3.8) is 0 Å². The molecule has 108 valence electrons. The Morgan fingerprint density at radius 3 is 2.38 bits per heavy atom. The first kappa shape index (κ1) is 13.6. The number of benzene rings is 2. The van der Waals surface area contributed by atoms with Gasteiger partial charge in [0.1, 0.15) is 5.75 Å². The fourth-order valence-corrected chi connectivity index (χ4v) is 2.35. The van der Waals surface area contributed by atoms with E-state index in [0.29, 0.717) is 18.9 Å². The average Bonchev–Trinajstić information content (AvgIpc) is 2.55. The summed E-state index contributed by atoms with van der Waals surface area (Å²) in [6.45, 7) is 1.04. The molecule has 0 aromatic heterocycles. The second kappa shape index (κ2) is 6.41. The summed E-state index contributed by atoms with van der Waals surface area (Å²) in [6, 6.07) is 19.2. The monoisotopic (exact) mass is 283 g/mol. The Morgan fingerprint density at radius 2 is 1.71 bits per heavy atom. The van der Waals surface area contributed by atoms with Crippen LogP contribution in [0.3, 0.4) is 0 Å². The molecule has 1 fully saturated rings. The van der Waals surface area contributed by atoms with E-state index in [0.717, 1.165) is 5.56 Å². The first-order chi connectivity index (χ1) is 10.3. The van der Waals surface area contributed by atoms with Crippen LogP contribution in [-0.4, -0.2) is 25.2 Å². The number of morpholine rings is 1. The van der Waals surface area contributed by atoms with Gasteiger partial charge < -0.3 is 14.8 Å². The standard InChI is InChI=1S/C17H17NO3/c19-17-16(20-12-11-18-17)15(13-7-3-1-4-8-13)21-14-9-5-2-6-10-14/h1-10,15-16H,11-12H2,(H,18,19). The maximum Gasteiger partial charge on any atom is 0.253 e. The highest BCUT2D eigenvalue weighted by atomic mass is 16.5. The highest BCUT2D eigenvalue weighted by molar-refractivity contribution is 5.82. The Bertz CT molecular complexity index is 585. The van der Waals surface area contributed by atoms with Crippen LogP contribution in [-0.2, 0) is 9.53 Å². The number of ether oxygens (including phenoxy) is 2. The third-order valence-corrected chi connectivity index (χ3v) is 3.37. The second-order valence-electron chi connectivity index (χ2n) is 4.84. The minimum absolute atomic E-state index is 0.133. The molecule has 4 nitrogen and oxygen atoms in total. The Morgan fingerprint density at radius 1 is 1.05 bits per heavy atom. The number of nitrogens with one attached hydrogen (secondary N) is 1.